The number of amides is 1. The first-order valence-corrected chi connectivity index (χ1v) is 9.26. The van der Waals surface area contributed by atoms with Crippen molar-refractivity contribution in [1.29, 1.82) is 0 Å². The molecule has 0 fully saturated rings. The summed E-state index contributed by atoms with van der Waals surface area (Å²) in [4.78, 5) is 32.4. The fraction of sp³-hybridized carbons (Fsp3) is 0.333. The Morgan fingerprint density at radius 1 is 1.29 bits per heavy atom. The molecule has 1 aromatic carbocycles. The zero-order valence-electron chi connectivity index (χ0n) is 16.0. The molecule has 3 N–H and O–H groups in total. The molecule has 9 nitrogen and oxygen atoms in total. The van der Waals surface area contributed by atoms with Crippen LogP contribution in [0.5, 0.6) is 11.5 Å². The molecule has 0 aliphatic carbocycles. The van der Waals surface area contributed by atoms with Gasteiger partial charge < -0.3 is 25.3 Å². The van der Waals surface area contributed by atoms with Crippen LogP contribution in [0.3, 0.4) is 0 Å². The summed E-state index contributed by atoms with van der Waals surface area (Å²) in [5.74, 6) is 0.214. The van der Waals surface area contributed by atoms with Crippen LogP contribution in [0.4, 0.5) is 11.5 Å². The molecular weight excluding hydrogens is 384 g/mol. The van der Waals surface area contributed by atoms with Crippen molar-refractivity contribution in [2.45, 2.75) is 24.3 Å². The first kappa shape index (κ1) is 21.3. The monoisotopic (exact) mass is 406 g/mol. The lowest BCUT2D eigenvalue weighted by Gasteiger charge is -2.15. The van der Waals surface area contributed by atoms with Gasteiger partial charge in [-0.25, -0.2) is 14.8 Å². The highest BCUT2D eigenvalue weighted by molar-refractivity contribution is 8.00. The second kappa shape index (κ2) is 9.79. The van der Waals surface area contributed by atoms with Crippen molar-refractivity contribution in [1.82, 2.24) is 9.97 Å². The highest BCUT2D eigenvalue weighted by atomic mass is 32.2. The Kier molecular flexibility index (Phi) is 7.44. The van der Waals surface area contributed by atoms with E-state index < -0.39 is 11.2 Å². The number of carbonyl (C=O) groups is 2. The number of esters is 1. The molecule has 10 heteroatoms. The third-order valence-corrected chi connectivity index (χ3v) is 4.58. The molecule has 1 aromatic heterocycles. The van der Waals surface area contributed by atoms with Crippen molar-refractivity contribution in [3.63, 3.8) is 0 Å². The molecule has 2 aromatic rings. The summed E-state index contributed by atoms with van der Waals surface area (Å²) >= 11 is 1.10. The average molecular weight is 406 g/mol. The highest BCUT2D eigenvalue weighted by Gasteiger charge is 2.20. The lowest BCUT2D eigenvalue weighted by atomic mass is 10.2. The molecule has 0 saturated carbocycles. The first-order chi connectivity index (χ1) is 13.4. The number of aromatic nitrogens is 2. The van der Waals surface area contributed by atoms with Gasteiger partial charge in [-0.2, -0.15) is 0 Å². The molecule has 0 bridgehead atoms. The van der Waals surface area contributed by atoms with E-state index in [1.165, 1.54) is 20.4 Å². The van der Waals surface area contributed by atoms with Crippen molar-refractivity contribution in [3.8, 4) is 11.5 Å². The van der Waals surface area contributed by atoms with Crippen molar-refractivity contribution in [3.05, 3.63) is 30.0 Å². The molecule has 2 rings (SSSR count). The summed E-state index contributed by atoms with van der Waals surface area (Å²) in [5, 5.41) is 2.52. The van der Waals surface area contributed by atoms with Crippen molar-refractivity contribution >= 4 is 35.1 Å². The molecule has 0 spiro atoms. The van der Waals surface area contributed by atoms with Crippen LogP contribution in [0.2, 0.25) is 0 Å². The third-order valence-electron chi connectivity index (χ3n) is 3.61. The Morgan fingerprint density at radius 2 is 2.04 bits per heavy atom. The Labute approximate surface area is 167 Å². The van der Waals surface area contributed by atoms with E-state index in [0.29, 0.717) is 17.2 Å². The molecule has 0 aliphatic heterocycles. The van der Waals surface area contributed by atoms with Crippen LogP contribution in [0.15, 0.2) is 29.6 Å². The number of nitrogens with zero attached hydrogens (tertiary/aromatic N) is 2. The Bertz CT molecular complexity index is 862. The van der Waals surface area contributed by atoms with Gasteiger partial charge in [0.15, 0.2) is 5.16 Å². The molecule has 0 unspecified atom stereocenters. The highest BCUT2D eigenvalue weighted by Crippen LogP contribution is 2.30. The molecule has 0 saturated heterocycles. The van der Waals surface area contributed by atoms with Gasteiger partial charge >= 0.3 is 5.97 Å². The van der Waals surface area contributed by atoms with Gasteiger partial charge in [0.1, 0.15) is 22.9 Å². The fourth-order valence-corrected chi connectivity index (χ4v) is 2.91. The quantitative estimate of drug-likeness (QED) is 0.386. The van der Waals surface area contributed by atoms with Gasteiger partial charge in [-0.1, -0.05) is 11.8 Å². The van der Waals surface area contributed by atoms with E-state index in [1.54, 1.807) is 32.0 Å². The number of thioether (sulfide) groups is 1. The number of nitrogens with two attached hydrogens (primary N) is 1. The van der Waals surface area contributed by atoms with Crippen molar-refractivity contribution < 1.29 is 23.8 Å². The number of nitrogens with one attached hydrogen (secondary N) is 1. The van der Waals surface area contributed by atoms with Gasteiger partial charge in [0.05, 0.1) is 31.8 Å². The number of carbonyl (C=O) groups excluding carboxylic acids is 2. The zero-order valence-corrected chi connectivity index (χ0v) is 16.8. The number of benzene rings is 1. The zero-order chi connectivity index (χ0) is 20.7. The van der Waals surface area contributed by atoms with E-state index in [1.807, 2.05) is 0 Å². The lowest BCUT2D eigenvalue weighted by Crippen LogP contribution is -2.23. The second-order valence-electron chi connectivity index (χ2n) is 5.49. The Hall–Kier alpha value is -3.01. The first-order valence-electron chi connectivity index (χ1n) is 8.38. The molecule has 0 radical (unpaired) electrons. The van der Waals surface area contributed by atoms with Crippen molar-refractivity contribution in [2.24, 2.45) is 0 Å². The average Bonchev–Trinajstić information content (AvgIpc) is 2.68. The fourth-order valence-electron chi connectivity index (χ4n) is 2.16. The van der Waals surface area contributed by atoms with E-state index in [0.717, 1.165) is 11.8 Å². The molecule has 0 aliphatic rings. The molecule has 1 amide bonds. The molecule has 1 heterocycles. The maximum Gasteiger partial charge on any atom is 0.343 e. The van der Waals surface area contributed by atoms with Crippen LogP contribution in [-0.4, -0.2) is 47.9 Å². The largest absolute Gasteiger partial charge is 0.497 e. The van der Waals surface area contributed by atoms with E-state index in [4.69, 9.17) is 19.9 Å². The summed E-state index contributed by atoms with van der Waals surface area (Å²) in [6.45, 7) is 3.61. The topological polar surface area (TPSA) is 126 Å². The minimum atomic E-state index is -0.590. The number of hydrogen-bond donors (Lipinski definition) is 2. The van der Waals surface area contributed by atoms with Crippen LogP contribution in [0.25, 0.3) is 0 Å². The number of rotatable bonds is 8. The number of ether oxygens (including phenoxy) is 3. The van der Waals surface area contributed by atoms with E-state index in [9.17, 15) is 9.59 Å². The van der Waals surface area contributed by atoms with Gasteiger partial charge in [-0.3, -0.25) is 4.79 Å². The SMILES string of the molecule is CCOC(=O)c1cnc(S[C@@H](C)C(=O)Nc2cc(OC)ccc2OC)nc1N. The van der Waals surface area contributed by atoms with Gasteiger partial charge in [-0.15, -0.1) is 0 Å². The minimum absolute atomic E-state index is 0.00183. The van der Waals surface area contributed by atoms with E-state index in [-0.39, 0.29) is 29.1 Å². The molecular formula is C18H22N4O5S. The maximum absolute atomic E-state index is 12.5. The predicted octanol–water partition coefficient (Wildman–Crippen LogP) is 2.37. The lowest BCUT2D eigenvalue weighted by molar-refractivity contribution is -0.115. The van der Waals surface area contributed by atoms with Crippen LogP contribution in [-0.2, 0) is 9.53 Å². The Morgan fingerprint density at radius 3 is 2.64 bits per heavy atom. The van der Waals surface area contributed by atoms with Gasteiger partial charge in [0, 0.05) is 12.3 Å². The normalized spacial score (nSPS) is 11.4. The summed E-state index contributed by atoms with van der Waals surface area (Å²) in [6, 6.07) is 5.09. The molecule has 150 valence electrons. The maximum atomic E-state index is 12.5. The van der Waals surface area contributed by atoms with E-state index >= 15 is 0 Å². The molecule has 28 heavy (non-hydrogen) atoms. The predicted molar refractivity (Wildman–Crippen MR) is 106 cm³/mol. The number of methoxy groups -OCH3 is 2. The van der Waals surface area contributed by atoms with Gasteiger partial charge in [0.2, 0.25) is 5.91 Å². The van der Waals surface area contributed by atoms with Crippen LogP contribution >= 0.6 is 11.8 Å². The van der Waals surface area contributed by atoms with E-state index in [2.05, 4.69) is 15.3 Å². The number of hydrogen-bond acceptors (Lipinski definition) is 9. The van der Waals surface area contributed by atoms with Crippen LogP contribution in [0.1, 0.15) is 24.2 Å². The Balaban J connectivity index is 2.08. The third kappa shape index (κ3) is 5.26. The summed E-state index contributed by atoms with van der Waals surface area (Å²) in [5.41, 5.74) is 6.37. The summed E-state index contributed by atoms with van der Waals surface area (Å²) in [7, 11) is 3.05. The van der Waals surface area contributed by atoms with Crippen molar-refractivity contribution in [2.75, 3.05) is 31.9 Å². The summed E-state index contributed by atoms with van der Waals surface area (Å²) in [6.07, 6.45) is 1.29. The van der Waals surface area contributed by atoms with Crippen LogP contribution < -0.4 is 20.5 Å². The van der Waals surface area contributed by atoms with Crippen LogP contribution in [0, 0.1) is 0 Å². The summed E-state index contributed by atoms with van der Waals surface area (Å²) < 4.78 is 15.3. The van der Waals surface area contributed by atoms with Gasteiger partial charge in [0.25, 0.3) is 0 Å². The standard InChI is InChI=1S/C18H22N4O5S/c1-5-27-17(24)12-9-20-18(22-15(12)19)28-10(2)16(23)21-13-8-11(25-3)6-7-14(13)26-4/h6-10H,5H2,1-4H3,(H,21,23)(H2,19,20,22)/t10-/m0/s1. The molecule has 1 atom stereocenters. The second-order valence-corrected chi connectivity index (χ2v) is 6.80. The number of nitrogen functional groups attached to an aromatic ring is 1. The number of anilines is 2. The smallest absolute Gasteiger partial charge is 0.343 e. The van der Waals surface area contributed by atoms with Gasteiger partial charge in [-0.05, 0) is 26.0 Å². The minimum Gasteiger partial charge on any atom is -0.497 e.